The van der Waals surface area contributed by atoms with Gasteiger partial charge < -0.3 is 14.8 Å². The van der Waals surface area contributed by atoms with E-state index in [-0.39, 0.29) is 11.8 Å². The number of rotatable bonds is 9. The summed E-state index contributed by atoms with van der Waals surface area (Å²) in [6.07, 6.45) is 1.87. The van der Waals surface area contributed by atoms with E-state index >= 15 is 0 Å². The Bertz CT molecular complexity index is 815. The fourth-order valence-electron chi connectivity index (χ4n) is 3.81. The SMILES string of the molecule is CCN(CCNC(=O)C1Cn2cccc2C(=O)N1CC(C)C)Cc1ccccc1. The van der Waals surface area contributed by atoms with Crippen molar-refractivity contribution in [3.05, 3.63) is 59.9 Å². The number of aromatic nitrogens is 1. The van der Waals surface area contributed by atoms with Crippen LogP contribution in [-0.2, 0) is 17.9 Å². The second-order valence-corrected chi connectivity index (χ2v) is 8.06. The van der Waals surface area contributed by atoms with Crippen molar-refractivity contribution in [2.75, 3.05) is 26.2 Å². The number of fused-ring (bicyclic) bond motifs is 1. The minimum Gasteiger partial charge on any atom is -0.353 e. The topological polar surface area (TPSA) is 57.6 Å². The second kappa shape index (κ2) is 9.74. The van der Waals surface area contributed by atoms with E-state index in [2.05, 4.69) is 43.1 Å². The van der Waals surface area contributed by atoms with E-state index in [1.165, 1.54) is 5.56 Å². The van der Waals surface area contributed by atoms with E-state index in [1.807, 2.05) is 41.1 Å². The van der Waals surface area contributed by atoms with Crippen molar-refractivity contribution in [1.82, 2.24) is 19.7 Å². The van der Waals surface area contributed by atoms with Crippen LogP contribution < -0.4 is 5.32 Å². The number of hydrogen-bond donors (Lipinski definition) is 1. The number of amides is 2. The van der Waals surface area contributed by atoms with Crippen LogP contribution in [0.15, 0.2) is 48.7 Å². The van der Waals surface area contributed by atoms with Crippen molar-refractivity contribution in [2.24, 2.45) is 5.92 Å². The fraction of sp³-hybridized carbons (Fsp3) is 0.478. The first-order valence-corrected chi connectivity index (χ1v) is 10.5. The summed E-state index contributed by atoms with van der Waals surface area (Å²) >= 11 is 0. The van der Waals surface area contributed by atoms with Crippen LogP contribution in [0.1, 0.15) is 36.8 Å². The van der Waals surface area contributed by atoms with Crippen molar-refractivity contribution in [3.8, 4) is 0 Å². The molecule has 1 atom stereocenters. The van der Waals surface area contributed by atoms with Gasteiger partial charge in [0.15, 0.2) is 0 Å². The number of hydrogen-bond acceptors (Lipinski definition) is 3. The molecule has 6 nitrogen and oxygen atoms in total. The van der Waals surface area contributed by atoms with Gasteiger partial charge in [-0.1, -0.05) is 51.1 Å². The van der Waals surface area contributed by atoms with E-state index in [1.54, 1.807) is 4.90 Å². The molecule has 2 aromatic rings. The first kappa shape index (κ1) is 21.1. The molecule has 156 valence electrons. The van der Waals surface area contributed by atoms with Gasteiger partial charge in [-0.05, 0) is 30.2 Å². The van der Waals surface area contributed by atoms with Crippen LogP contribution in [0.4, 0.5) is 0 Å². The number of carbonyl (C=O) groups excluding carboxylic acids is 2. The van der Waals surface area contributed by atoms with Gasteiger partial charge in [-0.3, -0.25) is 14.5 Å². The molecule has 6 heteroatoms. The number of nitrogens with zero attached hydrogens (tertiary/aromatic N) is 3. The van der Waals surface area contributed by atoms with Crippen LogP contribution in [-0.4, -0.2) is 58.4 Å². The summed E-state index contributed by atoms with van der Waals surface area (Å²) in [6.45, 7) is 10.5. The van der Waals surface area contributed by atoms with Gasteiger partial charge in [-0.15, -0.1) is 0 Å². The highest BCUT2D eigenvalue weighted by molar-refractivity contribution is 5.97. The molecule has 1 aliphatic heterocycles. The van der Waals surface area contributed by atoms with Gasteiger partial charge in [-0.2, -0.15) is 0 Å². The summed E-state index contributed by atoms with van der Waals surface area (Å²) < 4.78 is 1.89. The Hall–Kier alpha value is -2.60. The molecule has 0 saturated heterocycles. The summed E-state index contributed by atoms with van der Waals surface area (Å²) in [4.78, 5) is 29.9. The summed E-state index contributed by atoms with van der Waals surface area (Å²) in [6, 6.07) is 13.6. The lowest BCUT2D eigenvalue weighted by molar-refractivity contribution is -0.126. The molecule has 3 rings (SSSR count). The lowest BCUT2D eigenvalue weighted by Crippen LogP contribution is -2.56. The molecule has 0 fully saturated rings. The number of nitrogens with one attached hydrogen (secondary N) is 1. The van der Waals surface area contributed by atoms with Crippen molar-refractivity contribution < 1.29 is 9.59 Å². The van der Waals surface area contributed by atoms with Gasteiger partial charge in [0.05, 0.1) is 6.54 Å². The van der Waals surface area contributed by atoms with Gasteiger partial charge in [0.2, 0.25) is 5.91 Å². The maximum absolute atomic E-state index is 13.0. The van der Waals surface area contributed by atoms with E-state index in [0.717, 1.165) is 19.6 Å². The van der Waals surface area contributed by atoms with Crippen LogP contribution in [0, 0.1) is 5.92 Å². The monoisotopic (exact) mass is 396 g/mol. The van der Waals surface area contributed by atoms with Crippen LogP contribution in [0.5, 0.6) is 0 Å². The Balaban J connectivity index is 1.59. The van der Waals surface area contributed by atoms with Gasteiger partial charge >= 0.3 is 0 Å². The third-order valence-corrected chi connectivity index (χ3v) is 5.34. The van der Waals surface area contributed by atoms with Gasteiger partial charge in [0.1, 0.15) is 11.7 Å². The Morgan fingerprint density at radius 2 is 1.97 bits per heavy atom. The number of carbonyl (C=O) groups is 2. The summed E-state index contributed by atoms with van der Waals surface area (Å²) in [7, 11) is 0. The molecule has 0 saturated carbocycles. The van der Waals surface area contributed by atoms with Crippen LogP contribution >= 0.6 is 0 Å². The molecular formula is C23H32N4O2. The van der Waals surface area contributed by atoms with Crippen LogP contribution in [0.2, 0.25) is 0 Å². The Morgan fingerprint density at radius 3 is 2.66 bits per heavy atom. The maximum Gasteiger partial charge on any atom is 0.271 e. The zero-order chi connectivity index (χ0) is 20.8. The van der Waals surface area contributed by atoms with Crippen molar-refractivity contribution in [2.45, 2.75) is 39.9 Å². The van der Waals surface area contributed by atoms with Gasteiger partial charge in [0, 0.05) is 32.4 Å². The van der Waals surface area contributed by atoms with E-state index in [4.69, 9.17) is 0 Å². The fourth-order valence-corrected chi connectivity index (χ4v) is 3.81. The molecule has 29 heavy (non-hydrogen) atoms. The third-order valence-electron chi connectivity index (χ3n) is 5.34. The van der Waals surface area contributed by atoms with E-state index in [9.17, 15) is 9.59 Å². The molecule has 0 radical (unpaired) electrons. The van der Waals surface area contributed by atoms with E-state index in [0.29, 0.717) is 31.2 Å². The first-order valence-electron chi connectivity index (χ1n) is 10.5. The first-order chi connectivity index (χ1) is 14.0. The van der Waals surface area contributed by atoms with Gasteiger partial charge in [-0.25, -0.2) is 0 Å². The van der Waals surface area contributed by atoms with E-state index < -0.39 is 6.04 Å². The predicted molar refractivity (Wildman–Crippen MR) is 114 cm³/mol. The van der Waals surface area contributed by atoms with Crippen molar-refractivity contribution in [1.29, 1.82) is 0 Å². The zero-order valence-electron chi connectivity index (χ0n) is 17.7. The molecule has 0 spiro atoms. The van der Waals surface area contributed by atoms with Crippen molar-refractivity contribution in [3.63, 3.8) is 0 Å². The Labute approximate surface area is 173 Å². The van der Waals surface area contributed by atoms with Crippen LogP contribution in [0.3, 0.4) is 0 Å². The highest BCUT2D eigenvalue weighted by atomic mass is 16.2. The molecule has 1 aromatic heterocycles. The Kier molecular flexibility index (Phi) is 7.09. The predicted octanol–water partition coefficient (Wildman–Crippen LogP) is 2.61. The molecule has 2 amide bonds. The minimum atomic E-state index is -0.464. The molecule has 0 bridgehead atoms. The smallest absolute Gasteiger partial charge is 0.271 e. The highest BCUT2D eigenvalue weighted by Gasteiger charge is 2.36. The normalized spacial score (nSPS) is 16.4. The maximum atomic E-state index is 13.0. The minimum absolute atomic E-state index is 0.0608. The summed E-state index contributed by atoms with van der Waals surface area (Å²) in [5.74, 6) is 0.167. The third kappa shape index (κ3) is 5.26. The van der Waals surface area contributed by atoms with Gasteiger partial charge in [0.25, 0.3) is 5.91 Å². The lowest BCUT2D eigenvalue weighted by atomic mass is 10.1. The largest absolute Gasteiger partial charge is 0.353 e. The molecule has 1 unspecified atom stereocenters. The quantitative estimate of drug-likeness (QED) is 0.709. The standard InChI is InChI=1S/C23H32N4O2/c1-4-25(16-19-9-6-5-7-10-19)14-12-24-22(28)21-17-26-13-8-11-20(26)23(29)27(21)15-18(2)3/h5-11,13,18,21H,4,12,14-17H2,1-3H3,(H,24,28). The second-order valence-electron chi connectivity index (χ2n) is 8.06. The Morgan fingerprint density at radius 1 is 1.21 bits per heavy atom. The summed E-state index contributed by atoms with van der Waals surface area (Å²) in [5, 5.41) is 3.06. The molecule has 1 aliphatic rings. The highest BCUT2D eigenvalue weighted by Crippen LogP contribution is 2.20. The average Bonchev–Trinajstić information content (AvgIpc) is 3.18. The summed E-state index contributed by atoms with van der Waals surface area (Å²) in [5.41, 5.74) is 1.93. The molecule has 1 aromatic carbocycles. The molecule has 0 aliphatic carbocycles. The molecule has 2 heterocycles. The van der Waals surface area contributed by atoms with Crippen molar-refractivity contribution >= 4 is 11.8 Å². The average molecular weight is 397 g/mol. The van der Waals surface area contributed by atoms with Crippen LogP contribution in [0.25, 0.3) is 0 Å². The number of likely N-dealkylation sites (N-methyl/N-ethyl adjacent to an activating group) is 1. The lowest BCUT2D eigenvalue weighted by Gasteiger charge is -2.36. The zero-order valence-corrected chi connectivity index (χ0v) is 17.7. The number of benzene rings is 1. The molecule has 1 N–H and O–H groups in total. The molecular weight excluding hydrogens is 364 g/mol.